The van der Waals surface area contributed by atoms with Gasteiger partial charge in [0, 0.05) is 11.3 Å². The first-order valence-corrected chi connectivity index (χ1v) is 11.6. The summed E-state index contributed by atoms with van der Waals surface area (Å²) in [5.41, 5.74) is 0.572. The number of benzene rings is 3. The van der Waals surface area contributed by atoms with Gasteiger partial charge in [-0.15, -0.1) is 0 Å². The van der Waals surface area contributed by atoms with E-state index in [9.17, 15) is 27.2 Å². The zero-order chi connectivity index (χ0) is 24.9. The van der Waals surface area contributed by atoms with Gasteiger partial charge in [-0.05, 0) is 62.4 Å². The first-order valence-electron chi connectivity index (χ1n) is 10.1. The fraction of sp³-hybridized carbons (Fsp3) is 0.125. The second kappa shape index (κ2) is 10.3. The Bertz CT molecular complexity index is 1340. The molecule has 0 aromatic heterocycles. The Kier molecular flexibility index (Phi) is 7.42. The lowest BCUT2D eigenvalue weighted by atomic mass is 10.1. The smallest absolute Gasteiger partial charge is 0.341 e. The highest BCUT2D eigenvalue weighted by molar-refractivity contribution is 7.92. The van der Waals surface area contributed by atoms with Crippen LogP contribution in [0.2, 0.25) is 0 Å². The molecule has 0 aliphatic carbocycles. The molecule has 0 bridgehead atoms. The lowest BCUT2D eigenvalue weighted by Crippen LogP contribution is -2.30. The molecule has 3 rings (SSSR count). The molecule has 0 heterocycles. The van der Waals surface area contributed by atoms with E-state index in [-0.39, 0.29) is 21.9 Å². The number of carbonyl (C=O) groups excluding carboxylic acids is 3. The second-order valence-corrected chi connectivity index (χ2v) is 8.96. The summed E-state index contributed by atoms with van der Waals surface area (Å²) in [5.74, 6) is -2.34. The minimum absolute atomic E-state index is 0.0707. The first kappa shape index (κ1) is 24.6. The second-order valence-electron chi connectivity index (χ2n) is 7.28. The van der Waals surface area contributed by atoms with Crippen LogP contribution in [0, 0.1) is 5.82 Å². The maximum absolute atomic E-state index is 13.1. The number of carbonyl (C=O) groups is 3. The Morgan fingerprint density at radius 2 is 1.62 bits per heavy atom. The fourth-order valence-electron chi connectivity index (χ4n) is 2.90. The van der Waals surface area contributed by atoms with Crippen LogP contribution in [-0.4, -0.2) is 32.2 Å². The van der Waals surface area contributed by atoms with Crippen molar-refractivity contribution in [2.24, 2.45) is 0 Å². The molecule has 3 aromatic rings. The zero-order valence-corrected chi connectivity index (χ0v) is 19.1. The molecule has 1 amide bonds. The van der Waals surface area contributed by atoms with Crippen molar-refractivity contribution in [3.8, 4) is 0 Å². The number of nitrogens with one attached hydrogen (secondary N) is 2. The largest absolute Gasteiger partial charge is 0.449 e. The summed E-state index contributed by atoms with van der Waals surface area (Å²) >= 11 is 0. The molecule has 3 aromatic carbocycles. The Morgan fingerprint density at radius 3 is 2.29 bits per heavy atom. The van der Waals surface area contributed by atoms with Crippen molar-refractivity contribution in [2.45, 2.75) is 24.8 Å². The first-order chi connectivity index (χ1) is 16.1. The minimum Gasteiger partial charge on any atom is -0.449 e. The number of ketones is 1. The fourth-order valence-corrected chi connectivity index (χ4v) is 3.98. The highest BCUT2D eigenvalue weighted by atomic mass is 32.2. The normalized spacial score (nSPS) is 11.9. The highest BCUT2D eigenvalue weighted by Crippen LogP contribution is 2.22. The number of amides is 1. The maximum atomic E-state index is 13.1. The number of ether oxygens (including phenoxy) is 1. The van der Waals surface area contributed by atoms with Gasteiger partial charge in [0.25, 0.3) is 15.9 Å². The Balaban J connectivity index is 1.73. The van der Waals surface area contributed by atoms with Crippen LogP contribution < -0.4 is 10.0 Å². The molecule has 0 radical (unpaired) electrons. The Hall–Kier alpha value is -4.05. The monoisotopic (exact) mass is 484 g/mol. The summed E-state index contributed by atoms with van der Waals surface area (Å²) in [6.07, 6.45) is -1.23. The summed E-state index contributed by atoms with van der Waals surface area (Å²) in [4.78, 5) is 36.5. The topological polar surface area (TPSA) is 119 Å². The number of sulfonamides is 1. The Morgan fingerprint density at radius 1 is 0.941 bits per heavy atom. The van der Waals surface area contributed by atoms with Crippen LogP contribution in [0.25, 0.3) is 0 Å². The molecule has 0 spiro atoms. The van der Waals surface area contributed by atoms with Crippen LogP contribution in [0.5, 0.6) is 0 Å². The standard InChI is InChI=1S/C24H21FN2O6S/c1-15(28)17-6-5-7-19(14-17)26-23(29)16(2)33-24(30)21-8-3-4-9-22(21)27-34(31,32)20-12-10-18(25)11-13-20/h3-14,16,27H,1-2H3,(H,26,29)/t16-/m0/s1. The molecule has 0 aliphatic rings. The molecular weight excluding hydrogens is 463 g/mol. The van der Waals surface area contributed by atoms with Gasteiger partial charge in [-0.25, -0.2) is 17.6 Å². The number of Topliss-reactive ketones (excluding diaryl/α,β-unsaturated/α-hetero) is 1. The molecule has 1 atom stereocenters. The lowest BCUT2D eigenvalue weighted by molar-refractivity contribution is -0.123. The summed E-state index contributed by atoms with van der Waals surface area (Å²) in [5, 5.41) is 2.56. The average Bonchev–Trinajstić information content (AvgIpc) is 2.79. The number of para-hydroxylation sites is 1. The van der Waals surface area contributed by atoms with Gasteiger partial charge in [-0.1, -0.05) is 24.3 Å². The molecule has 176 valence electrons. The van der Waals surface area contributed by atoms with Crippen LogP contribution in [0.1, 0.15) is 34.6 Å². The zero-order valence-electron chi connectivity index (χ0n) is 18.2. The molecule has 0 unspecified atom stereocenters. The van der Waals surface area contributed by atoms with Crippen molar-refractivity contribution in [3.63, 3.8) is 0 Å². The number of halogens is 1. The van der Waals surface area contributed by atoms with Crippen LogP contribution in [0.4, 0.5) is 15.8 Å². The number of hydrogen-bond donors (Lipinski definition) is 2. The molecule has 0 saturated carbocycles. The predicted octanol–water partition coefficient (Wildman–Crippen LogP) is 4.01. The van der Waals surface area contributed by atoms with Gasteiger partial charge in [-0.2, -0.15) is 0 Å². The minimum atomic E-state index is -4.11. The summed E-state index contributed by atoms with van der Waals surface area (Å²) in [6, 6.07) is 16.2. The van der Waals surface area contributed by atoms with E-state index in [1.54, 1.807) is 18.2 Å². The average molecular weight is 485 g/mol. The summed E-state index contributed by atoms with van der Waals surface area (Å²) in [7, 11) is -4.11. The molecule has 34 heavy (non-hydrogen) atoms. The lowest BCUT2D eigenvalue weighted by Gasteiger charge is -2.16. The molecular formula is C24H21FN2O6S. The van der Waals surface area contributed by atoms with Crippen LogP contribution >= 0.6 is 0 Å². The van der Waals surface area contributed by atoms with E-state index in [1.165, 1.54) is 44.2 Å². The van der Waals surface area contributed by atoms with E-state index in [2.05, 4.69) is 10.0 Å². The van der Waals surface area contributed by atoms with Gasteiger partial charge in [-0.3, -0.25) is 14.3 Å². The van der Waals surface area contributed by atoms with Crippen molar-refractivity contribution < 1.29 is 31.9 Å². The Labute approximate surface area is 195 Å². The van der Waals surface area contributed by atoms with Crippen molar-refractivity contribution in [1.29, 1.82) is 0 Å². The number of hydrogen-bond acceptors (Lipinski definition) is 6. The van der Waals surface area contributed by atoms with Crippen LogP contribution in [-0.2, 0) is 19.6 Å². The number of anilines is 2. The molecule has 0 aliphatic heterocycles. The van der Waals surface area contributed by atoms with E-state index in [4.69, 9.17) is 4.74 Å². The van der Waals surface area contributed by atoms with Gasteiger partial charge in [0.15, 0.2) is 11.9 Å². The SMILES string of the molecule is CC(=O)c1cccc(NC(=O)[C@H](C)OC(=O)c2ccccc2NS(=O)(=O)c2ccc(F)cc2)c1. The third kappa shape index (κ3) is 6.04. The molecule has 0 fully saturated rings. The third-order valence-electron chi connectivity index (χ3n) is 4.70. The van der Waals surface area contributed by atoms with Gasteiger partial charge >= 0.3 is 5.97 Å². The molecule has 2 N–H and O–H groups in total. The van der Waals surface area contributed by atoms with Crippen molar-refractivity contribution in [2.75, 3.05) is 10.0 Å². The van der Waals surface area contributed by atoms with E-state index in [1.807, 2.05) is 0 Å². The summed E-state index contributed by atoms with van der Waals surface area (Å²) in [6.45, 7) is 2.75. The summed E-state index contributed by atoms with van der Waals surface area (Å²) < 4.78 is 45.9. The molecule has 8 nitrogen and oxygen atoms in total. The van der Waals surface area contributed by atoms with Crippen molar-refractivity contribution in [3.05, 3.63) is 89.7 Å². The van der Waals surface area contributed by atoms with Gasteiger partial charge in [0.05, 0.1) is 16.1 Å². The highest BCUT2D eigenvalue weighted by Gasteiger charge is 2.23. The maximum Gasteiger partial charge on any atom is 0.341 e. The predicted molar refractivity (Wildman–Crippen MR) is 124 cm³/mol. The third-order valence-corrected chi connectivity index (χ3v) is 6.09. The van der Waals surface area contributed by atoms with E-state index >= 15 is 0 Å². The van der Waals surface area contributed by atoms with Gasteiger partial charge in [0.2, 0.25) is 0 Å². The van der Waals surface area contributed by atoms with Crippen molar-refractivity contribution in [1.82, 2.24) is 0 Å². The van der Waals surface area contributed by atoms with Gasteiger partial charge in [0.1, 0.15) is 5.82 Å². The quantitative estimate of drug-likeness (QED) is 0.368. The van der Waals surface area contributed by atoms with E-state index in [0.717, 1.165) is 24.3 Å². The van der Waals surface area contributed by atoms with Crippen LogP contribution in [0.15, 0.2) is 77.7 Å². The number of esters is 1. The molecule has 10 heteroatoms. The van der Waals surface area contributed by atoms with Crippen LogP contribution in [0.3, 0.4) is 0 Å². The number of rotatable bonds is 8. The van der Waals surface area contributed by atoms with Gasteiger partial charge < -0.3 is 10.1 Å². The van der Waals surface area contributed by atoms with Crippen molar-refractivity contribution >= 4 is 39.1 Å². The van der Waals surface area contributed by atoms with E-state index in [0.29, 0.717) is 11.3 Å². The van der Waals surface area contributed by atoms with E-state index < -0.39 is 33.8 Å². The molecule has 0 saturated heterocycles.